The average molecular weight is 307 g/mol. The van der Waals surface area contributed by atoms with E-state index in [-0.39, 0.29) is 31.6 Å². The van der Waals surface area contributed by atoms with Crippen molar-refractivity contribution < 1.29 is 27.9 Å². The molecule has 1 fully saturated rings. The third-order valence-electron chi connectivity index (χ3n) is 3.63. The molecule has 0 aromatic heterocycles. The summed E-state index contributed by atoms with van der Waals surface area (Å²) in [4.78, 5) is 21.7. The van der Waals surface area contributed by atoms with Crippen molar-refractivity contribution in [1.82, 2.24) is 4.72 Å². The molecule has 0 amide bonds. The molecule has 116 valence electrons. The van der Waals surface area contributed by atoms with Gasteiger partial charge in [0.1, 0.15) is 0 Å². The second-order valence-electron chi connectivity index (χ2n) is 5.24. The fourth-order valence-electron chi connectivity index (χ4n) is 2.26. The summed E-state index contributed by atoms with van der Waals surface area (Å²) < 4.78 is 30.4. The summed E-state index contributed by atoms with van der Waals surface area (Å²) in [6, 6.07) is 0. The summed E-state index contributed by atoms with van der Waals surface area (Å²) >= 11 is 0. The van der Waals surface area contributed by atoms with Gasteiger partial charge in [-0.05, 0) is 24.7 Å². The van der Waals surface area contributed by atoms with E-state index < -0.39 is 27.4 Å². The van der Waals surface area contributed by atoms with E-state index >= 15 is 0 Å². The van der Waals surface area contributed by atoms with Crippen molar-refractivity contribution in [3.05, 3.63) is 0 Å². The summed E-state index contributed by atoms with van der Waals surface area (Å²) in [5.41, 5.74) is -0.443. The largest absolute Gasteiger partial charge is 0.481 e. The lowest BCUT2D eigenvalue weighted by atomic mass is 9.67. The van der Waals surface area contributed by atoms with Crippen molar-refractivity contribution in [1.29, 1.82) is 0 Å². The smallest absolute Gasteiger partial charge is 0.305 e. The zero-order valence-electron chi connectivity index (χ0n) is 11.6. The molecule has 0 atom stereocenters. The minimum atomic E-state index is -3.48. The van der Waals surface area contributed by atoms with Crippen LogP contribution in [-0.2, 0) is 24.3 Å². The van der Waals surface area contributed by atoms with Crippen LogP contribution >= 0.6 is 0 Å². The van der Waals surface area contributed by atoms with Crippen molar-refractivity contribution >= 4 is 22.0 Å². The van der Waals surface area contributed by atoms with Gasteiger partial charge in [-0.1, -0.05) is 6.42 Å². The number of hydrogen-bond acceptors (Lipinski definition) is 5. The predicted octanol–water partition coefficient (Wildman–Crippen LogP) is 0.504. The van der Waals surface area contributed by atoms with E-state index in [1.807, 2.05) is 0 Å². The van der Waals surface area contributed by atoms with Crippen LogP contribution in [0, 0.1) is 5.41 Å². The number of methoxy groups -OCH3 is 1. The molecule has 1 saturated carbocycles. The van der Waals surface area contributed by atoms with Crippen molar-refractivity contribution in [2.45, 2.75) is 38.5 Å². The lowest BCUT2D eigenvalue weighted by Crippen LogP contribution is -2.44. The molecular formula is C12H21NO6S. The number of aliphatic carboxylic acids is 1. The molecule has 0 radical (unpaired) electrons. The summed E-state index contributed by atoms with van der Waals surface area (Å²) in [6.45, 7) is 0.153. The monoisotopic (exact) mass is 307 g/mol. The van der Waals surface area contributed by atoms with Gasteiger partial charge in [0, 0.05) is 13.0 Å². The van der Waals surface area contributed by atoms with Gasteiger partial charge in [-0.3, -0.25) is 9.59 Å². The predicted molar refractivity (Wildman–Crippen MR) is 71.6 cm³/mol. The van der Waals surface area contributed by atoms with Gasteiger partial charge in [-0.15, -0.1) is 0 Å². The van der Waals surface area contributed by atoms with Crippen LogP contribution in [0.2, 0.25) is 0 Å². The van der Waals surface area contributed by atoms with Crippen LogP contribution in [0.1, 0.15) is 38.5 Å². The van der Waals surface area contributed by atoms with Crippen molar-refractivity contribution in [3.8, 4) is 0 Å². The first-order valence-electron chi connectivity index (χ1n) is 6.55. The summed E-state index contributed by atoms with van der Waals surface area (Å²) in [7, 11) is -2.23. The molecule has 0 aromatic carbocycles. The van der Waals surface area contributed by atoms with E-state index in [1.54, 1.807) is 0 Å². The molecule has 1 rings (SSSR count). The first-order valence-corrected chi connectivity index (χ1v) is 8.20. The van der Waals surface area contributed by atoms with Gasteiger partial charge in [-0.25, -0.2) is 13.1 Å². The highest BCUT2D eigenvalue weighted by Gasteiger charge is 2.39. The summed E-state index contributed by atoms with van der Waals surface area (Å²) in [5, 5.41) is 8.84. The number of esters is 1. The molecule has 0 heterocycles. The van der Waals surface area contributed by atoms with Gasteiger partial charge in [0.25, 0.3) is 0 Å². The molecule has 1 aliphatic carbocycles. The molecule has 1 aliphatic rings. The Kier molecular flexibility index (Phi) is 5.94. The molecule has 0 spiro atoms. The number of ether oxygens (including phenoxy) is 1. The molecule has 0 aliphatic heterocycles. The molecule has 0 bridgehead atoms. The second-order valence-corrected chi connectivity index (χ2v) is 7.17. The lowest BCUT2D eigenvalue weighted by Gasteiger charge is -2.40. The molecule has 20 heavy (non-hydrogen) atoms. The van der Waals surface area contributed by atoms with Gasteiger partial charge in [0.15, 0.2) is 0 Å². The summed E-state index contributed by atoms with van der Waals surface area (Å²) in [5.74, 6) is -1.51. The molecular weight excluding hydrogens is 286 g/mol. The third-order valence-corrected chi connectivity index (χ3v) is 5.04. The van der Waals surface area contributed by atoms with Crippen molar-refractivity contribution in [2.24, 2.45) is 5.41 Å². The average Bonchev–Trinajstić information content (AvgIpc) is 2.31. The normalized spacial score (nSPS) is 17.2. The number of carbonyl (C=O) groups is 2. The minimum absolute atomic E-state index is 0.0162. The van der Waals surface area contributed by atoms with E-state index in [9.17, 15) is 18.0 Å². The number of carbonyl (C=O) groups excluding carboxylic acids is 1. The van der Waals surface area contributed by atoms with Crippen LogP contribution in [0.15, 0.2) is 0 Å². The standard InChI is InChI=1S/C12H21NO6S/c1-19-11(16)4-2-7-20(17,18)13-9-12(5-3-6-12)8-10(14)15/h13H,2-9H2,1H3,(H,14,15). The number of hydrogen-bond donors (Lipinski definition) is 2. The number of rotatable bonds is 9. The highest BCUT2D eigenvalue weighted by atomic mass is 32.2. The number of nitrogens with one attached hydrogen (secondary N) is 1. The van der Waals surface area contributed by atoms with Crippen LogP contribution in [0.3, 0.4) is 0 Å². The molecule has 0 unspecified atom stereocenters. The molecule has 8 heteroatoms. The zero-order valence-corrected chi connectivity index (χ0v) is 12.4. The Hall–Kier alpha value is -1.15. The molecule has 2 N–H and O–H groups in total. The third kappa shape index (κ3) is 5.46. The van der Waals surface area contributed by atoms with E-state index in [4.69, 9.17) is 5.11 Å². The molecule has 7 nitrogen and oxygen atoms in total. The topological polar surface area (TPSA) is 110 Å². The number of carboxylic acid groups (broad SMARTS) is 1. The van der Waals surface area contributed by atoms with Gasteiger partial charge in [0.05, 0.1) is 19.3 Å². The Morgan fingerprint density at radius 1 is 1.35 bits per heavy atom. The fourth-order valence-corrected chi connectivity index (χ4v) is 3.45. The molecule has 0 aromatic rings. The van der Waals surface area contributed by atoms with Gasteiger partial charge in [-0.2, -0.15) is 0 Å². The van der Waals surface area contributed by atoms with Crippen LogP contribution in [-0.4, -0.2) is 44.9 Å². The Morgan fingerprint density at radius 2 is 2.00 bits per heavy atom. The Balaban J connectivity index is 2.38. The Labute approximate surface area is 118 Å². The van der Waals surface area contributed by atoms with Gasteiger partial charge in [0.2, 0.25) is 10.0 Å². The van der Waals surface area contributed by atoms with E-state index in [1.165, 1.54) is 7.11 Å². The molecule has 0 saturated heterocycles. The maximum absolute atomic E-state index is 11.8. The Morgan fingerprint density at radius 3 is 2.45 bits per heavy atom. The lowest BCUT2D eigenvalue weighted by molar-refractivity contribution is -0.142. The second kappa shape index (κ2) is 7.03. The van der Waals surface area contributed by atoms with Crippen LogP contribution in [0.5, 0.6) is 0 Å². The quantitative estimate of drug-likeness (QED) is 0.600. The first-order chi connectivity index (χ1) is 9.29. The van der Waals surface area contributed by atoms with E-state index in [0.717, 1.165) is 19.3 Å². The van der Waals surface area contributed by atoms with Crippen LogP contribution < -0.4 is 4.72 Å². The highest BCUT2D eigenvalue weighted by Crippen LogP contribution is 2.43. The maximum Gasteiger partial charge on any atom is 0.305 e. The first kappa shape index (κ1) is 16.9. The van der Waals surface area contributed by atoms with Crippen LogP contribution in [0.4, 0.5) is 0 Å². The van der Waals surface area contributed by atoms with E-state index in [0.29, 0.717) is 0 Å². The van der Waals surface area contributed by atoms with E-state index in [2.05, 4.69) is 9.46 Å². The Bertz CT molecular complexity index is 455. The SMILES string of the molecule is COC(=O)CCCS(=O)(=O)NCC1(CC(=O)O)CCC1. The van der Waals surface area contributed by atoms with Crippen molar-refractivity contribution in [3.63, 3.8) is 0 Å². The van der Waals surface area contributed by atoms with Gasteiger partial charge < -0.3 is 9.84 Å². The fraction of sp³-hybridized carbons (Fsp3) is 0.833. The summed E-state index contributed by atoms with van der Waals surface area (Å²) in [6.07, 6.45) is 2.61. The van der Waals surface area contributed by atoms with Crippen LogP contribution in [0.25, 0.3) is 0 Å². The zero-order chi connectivity index (χ0) is 15.2. The number of sulfonamides is 1. The van der Waals surface area contributed by atoms with Gasteiger partial charge >= 0.3 is 11.9 Å². The minimum Gasteiger partial charge on any atom is -0.481 e. The van der Waals surface area contributed by atoms with Crippen molar-refractivity contribution in [2.75, 3.05) is 19.4 Å². The maximum atomic E-state index is 11.8. The highest BCUT2D eigenvalue weighted by molar-refractivity contribution is 7.89. The number of carboxylic acids is 1.